The van der Waals surface area contributed by atoms with Crippen molar-refractivity contribution in [2.45, 2.75) is 188 Å². The van der Waals surface area contributed by atoms with E-state index in [0.717, 1.165) is 12.8 Å². The zero-order valence-electron chi connectivity index (χ0n) is 39.8. The second-order valence-corrected chi connectivity index (χ2v) is 17.0. The van der Waals surface area contributed by atoms with Crippen LogP contribution in [0.2, 0.25) is 0 Å². The van der Waals surface area contributed by atoms with Gasteiger partial charge in [0.05, 0.1) is 58.5 Å². The Balaban J connectivity index is 1.64. The number of hydrogen-bond acceptors (Lipinski definition) is 10. The Morgan fingerprint density at radius 3 is 1.28 bits per heavy atom. The van der Waals surface area contributed by atoms with Crippen LogP contribution in [0.15, 0.2) is 60.9 Å². The van der Waals surface area contributed by atoms with Crippen LogP contribution in [0.5, 0.6) is 5.75 Å². The first-order valence-corrected chi connectivity index (χ1v) is 24.8. The van der Waals surface area contributed by atoms with Gasteiger partial charge in [-0.1, -0.05) is 149 Å². The van der Waals surface area contributed by atoms with E-state index in [0.29, 0.717) is 45.8 Å². The summed E-state index contributed by atoms with van der Waals surface area (Å²) >= 11 is 0. The summed E-state index contributed by atoms with van der Waals surface area (Å²) in [5, 5.41) is 0. The van der Waals surface area contributed by atoms with Gasteiger partial charge in [0.15, 0.2) is 0 Å². The standard InChI is InChI=1S/C54H76N4O6/c1-6-11-13-15-17-19-21-23-25-27-29-41(30-28-26-24-22-20-18-16-14-12-7-2)42-31-33-55-46(35-42)48-36-43(53(60)62-9-4)38-50(57-48)51-39-44(54(61)63-10-5)37-49(58-51)47-40-45(32-34-56-47)64-52(59)8-3/h31-41H,6-30H2,1-5H3. The average Bonchev–Trinajstić information content (AvgIpc) is 3.32. The molecule has 0 spiro atoms. The summed E-state index contributed by atoms with van der Waals surface area (Å²) in [4.78, 5) is 58.0. The molecule has 4 aromatic heterocycles. The van der Waals surface area contributed by atoms with Crippen molar-refractivity contribution in [3.63, 3.8) is 0 Å². The Morgan fingerprint density at radius 1 is 0.469 bits per heavy atom. The number of nitrogens with zero attached hydrogens (tertiary/aromatic N) is 4. The van der Waals surface area contributed by atoms with Gasteiger partial charge in [-0.3, -0.25) is 14.8 Å². The minimum absolute atomic E-state index is 0.175. The number of aromatic nitrogens is 4. The maximum atomic E-state index is 13.4. The monoisotopic (exact) mass is 877 g/mol. The second-order valence-electron chi connectivity index (χ2n) is 17.0. The van der Waals surface area contributed by atoms with Crippen molar-refractivity contribution in [2.24, 2.45) is 0 Å². The SMILES string of the molecule is CCCCCCCCCCCCC(CCCCCCCCCCCC)c1ccnc(-c2cc(C(=O)OCC)cc(-c3cc(C(=O)OCC)cc(-c4cc(OC(=O)CC)ccn4)n3)n2)c1. The summed E-state index contributed by atoms with van der Waals surface area (Å²) in [5.41, 5.74) is 4.28. The topological polar surface area (TPSA) is 130 Å². The van der Waals surface area contributed by atoms with Crippen molar-refractivity contribution < 1.29 is 28.6 Å². The molecule has 0 radical (unpaired) electrons. The lowest BCUT2D eigenvalue weighted by molar-refractivity contribution is -0.134. The number of esters is 3. The van der Waals surface area contributed by atoms with Gasteiger partial charge < -0.3 is 14.2 Å². The van der Waals surface area contributed by atoms with Gasteiger partial charge in [0.25, 0.3) is 0 Å². The third-order valence-corrected chi connectivity index (χ3v) is 11.8. The van der Waals surface area contributed by atoms with Gasteiger partial charge in [0.2, 0.25) is 0 Å². The van der Waals surface area contributed by atoms with Crippen LogP contribution in [0.1, 0.15) is 214 Å². The molecule has 0 aromatic carbocycles. The van der Waals surface area contributed by atoms with E-state index in [1.165, 1.54) is 140 Å². The molecule has 0 atom stereocenters. The van der Waals surface area contributed by atoms with Crippen LogP contribution in [0, 0.1) is 0 Å². The summed E-state index contributed by atoms with van der Waals surface area (Å²) < 4.78 is 16.3. The molecule has 10 nitrogen and oxygen atoms in total. The summed E-state index contributed by atoms with van der Waals surface area (Å²) in [6.07, 6.45) is 32.0. The quantitative estimate of drug-likeness (QED) is 0.0345. The molecule has 4 aromatic rings. The molecule has 348 valence electrons. The van der Waals surface area contributed by atoms with E-state index in [4.69, 9.17) is 29.2 Å². The number of pyridine rings is 4. The highest BCUT2D eigenvalue weighted by Gasteiger charge is 2.20. The smallest absolute Gasteiger partial charge is 0.338 e. The zero-order valence-corrected chi connectivity index (χ0v) is 39.8. The largest absolute Gasteiger partial charge is 0.462 e. The number of hydrogen-bond donors (Lipinski definition) is 0. The van der Waals surface area contributed by atoms with Crippen molar-refractivity contribution in [3.05, 3.63) is 77.6 Å². The van der Waals surface area contributed by atoms with Crippen LogP contribution in [0.25, 0.3) is 34.2 Å². The fraction of sp³-hybridized carbons (Fsp3) is 0.574. The van der Waals surface area contributed by atoms with Gasteiger partial charge in [0.1, 0.15) is 5.75 Å². The van der Waals surface area contributed by atoms with Crippen molar-refractivity contribution in [2.75, 3.05) is 13.2 Å². The molecule has 0 fully saturated rings. The number of ether oxygens (including phenoxy) is 3. The summed E-state index contributed by atoms with van der Waals surface area (Å²) in [7, 11) is 0. The molecular weight excluding hydrogens is 801 g/mol. The van der Waals surface area contributed by atoms with E-state index in [1.807, 2.05) is 6.20 Å². The molecule has 0 amide bonds. The number of carbonyl (C=O) groups excluding carboxylic acids is 3. The molecule has 0 N–H and O–H groups in total. The highest BCUT2D eigenvalue weighted by atomic mass is 16.5. The number of carbonyl (C=O) groups is 3. The molecule has 0 aliphatic heterocycles. The Hall–Kier alpha value is -4.99. The maximum Gasteiger partial charge on any atom is 0.338 e. The Morgan fingerprint density at radius 2 is 0.859 bits per heavy atom. The highest BCUT2D eigenvalue weighted by molar-refractivity contribution is 5.94. The van der Waals surface area contributed by atoms with Crippen LogP contribution >= 0.6 is 0 Å². The van der Waals surface area contributed by atoms with E-state index in [-0.39, 0.29) is 36.7 Å². The van der Waals surface area contributed by atoms with Gasteiger partial charge >= 0.3 is 17.9 Å². The van der Waals surface area contributed by atoms with E-state index < -0.39 is 11.9 Å². The Bertz CT molecular complexity index is 1980. The molecular formula is C54H76N4O6. The molecule has 0 saturated heterocycles. The lowest BCUT2D eigenvalue weighted by Gasteiger charge is -2.19. The molecule has 0 bridgehead atoms. The third kappa shape index (κ3) is 18.2. The lowest BCUT2D eigenvalue weighted by atomic mass is 9.88. The predicted octanol–water partition coefficient (Wildman–Crippen LogP) is 14.6. The van der Waals surface area contributed by atoms with Gasteiger partial charge in [-0.05, 0) is 80.6 Å². The molecule has 0 aliphatic rings. The van der Waals surface area contributed by atoms with Crippen molar-refractivity contribution in [1.82, 2.24) is 19.9 Å². The molecule has 0 saturated carbocycles. The van der Waals surface area contributed by atoms with Crippen molar-refractivity contribution in [1.29, 1.82) is 0 Å². The maximum absolute atomic E-state index is 13.4. The summed E-state index contributed by atoms with van der Waals surface area (Å²) in [6, 6.07) is 14.0. The third-order valence-electron chi connectivity index (χ3n) is 11.8. The Kier molecular flexibility index (Phi) is 24.4. The van der Waals surface area contributed by atoms with E-state index in [2.05, 4.69) is 31.0 Å². The first-order chi connectivity index (χ1) is 31.3. The lowest BCUT2D eigenvalue weighted by Crippen LogP contribution is -2.09. The number of unbranched alkanes of at least 4 members (excludes halogenated alkanes) is 18. The van der Waals surface area contributed by atoms with Gasteiger partial charge in [-0.2, -0.15) is 0 Å². The molecule has 64 heavy (non-hydrogen) atoms. The molecule has 0 unspecified atom stereocenters. The summed E-state index contributed by atoms with van der Waals surface area (Å²) in [6.45, 7) is 10.1. The van der Waals surface area contributed by atoms with Crippen LogP contribution in [0.3, 0.4) is 0 Å². The molecule has 4 heterocycles. The van der Waals surface area contributed by atoms with Gasteiger partial charge in [-0.25, -0.2) is 19.6 Å². The van der Waals surface area contributed by atoms with E-state index in [1.54, 1.807) is 57.2 Å². The van der Waals surface area contributed by atoms with Gasteiger partial charge in [-0.15, -0.1) is 0 Å². The first-order valence-electron chi connectivity index (χ1n) is 24.8. The average molecular weight is 877 g/mol. The fourth-order valence-electron chi connectivity index (χ4n) is 8.14. The minimum Gasteiger partial charge on any atom is -0.462 e. The summed E-state index contributed by atoms with van der Waals surface area (Å²) in [5.74, 6) is -0.745. The fourth-order valence-corrected chi connectivity index (χ4v) is 8.14. The van der Waals surface area contributed by atoms with E-state index in [9.17, 15) is 14.4 Å². The van der Waals surface area contributed by atoms with Crippen LogP contribution in [-0.4, -0.2) is 51.1 Å². The first kappa shape index (κ1) is 51.6. The van der Waals surface area contributed by atoms with Crippen LogP contribution in [-0.2, 0) is 14.3 Å². The zero-order chi connectivity index (χ0) is 45.8. The second kappa shape index (κ2) is 30.2. The normalized spacial score (nSPS) is 11.2. The molecule has 4 rings (SSSR count). The Labute approximate surface area is 384 Å². The van der Waals surface area contributed by atoms with Crippen LogP contribution < -0.4 is 4.74 Å². The number of rotatable bonds is 32. The van der Waals surface area contributed by atoms with Gasteiger partial charge in [0, 0.05) is 24.9 Å². The van der Waals surface area contributed by atoms with Crippen molar-refractivity contribution >= 4 is 17.9 Å². The highest BCUT2D eigenvalue weighted by Crippen LogP contribution is 2.33. The van der Waals surface area contributed by atoms with E-state index >= 15 is 0 Å². The van der Waals surface area contributed by atoms with Crippen molar-refractivity contribution in [3.8, 4) is 39.9 Å². The predicted molar refractivity (Wildman–Crippen MR) is 257 cm³/mol. The molecule has 0 aliphatic carbocycles. The minimum atomic E-state index is -0.548. The van der Waals surface area contributed by atoms with Crippen LogP contribution in [0.4, 0.5) is 0 Å². The molecule has 10 heteroatoms.